The highest BCUT2D eigenvalue weighted by molar-refractivity contribution is 9.09. The number of nitrogens with zero attached hydrogens (tertiary/aromatic N) is 3. The van der Waals surface area contributed by atoms with Crippen molar-refractivity contribution in [1.82, 2.24) is 9.80 Å². The lowest BCUT2D eigenvalue weighted by Gasteiger charge is -2.37. The molecule has 2 aromatic carbocycles. The molecule has 3 fully saturated rings. The predicted molar refractivity (Wildman–Crippen MR) is 201 cm³/mol. The second-order valence-corrected chi connectivity index (χ2v) is 14.9. The van der Waals surface area contributed by atoms with Gasteiger partial charge < -0.3 is 34.0 Å². The Hall–Kier alpha value is -4.00. The molecule has 0 saturated carbocycles. The number of amides is 3. The minimum Gasteiger partial charge on any atom is -0.497 e. The van der Waals surface area contributed by atoms with E-state index in [9.17, 15) is 24.3 Å². The first kappa shape index (κ1) is 39.2. The van der Waals surface area contributed by atoms with E-state index in [1.54, 1.807) is 65.3 Å². The Kier molecular flexibility index (Phi) is 13.0. The first-order chi connectivity index (χ1) is 25.0. The van der Waals surface area contributed by atoms with Crippen molar-refractivity contribution in [3.8, 4) is 5.75 Å². The summed E-state index contributed by atoms with van der Waals surface area (Å²) >= 11 is 3.75. The van der Waals surface area contributed by atoms with Gasteiger partial charge in [0.1, 0.15) is 23.5 Å². The molecular formula is C40H50BrN3O8. The molecule has 0 aliphatic carbocycles. The summed E-state index contributed by atoms with van der Waals surface area (Å²) in [4.78, 5) is 61.6. The van der Waals surface area contributed by atoms with Crippen LogP contribution in [0.15, 0.2) is 79.9 Å². The third-order valence-corrected chi connectivity index (χ3v) is 11.5. The molecule has 280 valence electrons. The lowest BCUT2D eigenvalue weighted by Crippen LogP contribution is -2.57. The maximum atomic E-state index is 14.9. The Labute approximate surface area is 314 Å². The molecule has 1 N–H and O–H groups in total. The number of likely N-dealkylation sites (N-methyl/N-ethyl adjacent to an activating group) is 1. The average molecular weight is 781 g/mol. The highest BCUT2D eigenvalue weighted by Gasteiger charge is 2.77. The zero-order chi connectivity index (χ0) is 37.6. The summed E-state index contributed by atoms with van der Waals surface area (Å²) in [6.45, 7) is 9.89. The molecular weight excluding hydrogens is 730 g/mol. The molecule has 52 heavy (non-hydrogen) atoms. The molecule has 3 aliphatic rings. The van der Waals surface area contributed by atoms with Crippen molar-refractivity contribution in [2.24, 2.45) is 11.8 Å². The van der Waals surface area contributed by atoms with Gasteiger partial charge in [0.05, 0.1) is 31.1 Å². The number of halogens is 1. The molecule has 3 heterocycles. The average Bonchev–Trinajstić information content (AvgIpc) is 3.75. The third-order valence-electron chi connectivity index (χ3n) is 10.7. The summed E-state index contributed by atoms with van der Waals surface area (Å²) < 4.78 is 18.4. The van der Waals surface area contributed by atoms with E-state index in [0.717, 1.165) is 0 Å². The van der Waals surface area contributed by atoms with Crippen LogP contribution in [0.2, 0.25) is 0 Å². The summed E-state index contributed by atoms with van der Waals surface area (Å²) in [6, 6.07) is 14.8. The van der Waals surface area contributed by atoms with Crippen LogP contribution in [-0.4, -0.2) is 101 Å². The van der Waals surface area contributed by atoms with Crippen LogP contribution in [0.1, 0.15) is 57.1 Å². The molecule has 1 unspecified atom stereocenters. The minimum atomic E-state index is -1.30. The molecule has 3 saturated heterocycles. The van der Waals surface area contributed by atoms with Crippen LogP contribution in [0.3, 0.4) is 0 Å². The van der Waals surface area contributed by atoms with Crippen LogP contribution in [0.25, 0.3) is 0 Å². The van der Waals surface area contributed by atoms with E-state index >= 15 is 0 Å². The number of alkyl halides is 1. The van der Waals surface area contributed by atoms with Crippen molar-refractivity contribution in [3.63, 3.8) is 0 Å². The number of fused-ring (bicyclic) bond motifs is 1. The summed E-state index contributed by atoms with van der Waals surface area (Å²) in [5.41, 5.74) is 0.00514. The van der Waals surface area contributed by atoms with E-state index in [-0.39, 0.29) is 48.7 Å². The third kappa shape index (κ3) is 7.56. The number of likely N-dealkylation sites (tertiary alicyclic amines) is 1. The van der Waals surface area contributed by atoms with Gasteiger partial charge >= 0.3 is 5.97 Å². The SMILES string of the molecule is C=CCCC(=O)N(C)[C@H](C)[C@H](OC(=O)[C@@H]1[C@H]2O[C@@]3(CC2Br)[C@H](C(=O)N(CC=C)c2ccc(OC)cc2)N(CCCCCO)C(=O)[C@@H]13)c1ccccc1. The van der Waals surface area contributed by atoms with Crippen LogP contribution >= 0.6 is 15.9 Å². The molecule has 8 atom stereocenters. The number of hydrogen-bond donors (Lipinski definition) is 1. The Morgan fingerprint density at radius 2 is 1.81 bits per heavy atom. The van der Waals surface area contributed by atoms with Gasteiger partial charge in [-0.1, -0.05) is 58.4 Å². The van der Waals surface area contributed by atoms with E-state index in [2.05, 4.69) is 29.1 Å². The molecule has 1 spiro atoms. The standard InChI is InChI=1S/C40H50BrN3O8/c1-6-8-17-31(46)42(4)26(3)34(27-15-11-9-12-16-27)51-39(49)32-33-37(47)44(23-13-10-14-24-45)36(40(33)25-30(41)35(32)52-40)38(48)43(22-7-2)28-18-20-29(50-5)21-19-28/h6-7,9,11-12,15-16,18-21,26,30,32-36,45H,1-2,8,10,13-14,17,22-25H2,3-5H3/t26-,30?,32+,33-,34+,35+,36+,40-/m1/s1. The van der Waals surface area contributed by atoms with Crippen molar-refractivity contribution < 1.29 is 38.5 Å². The molecule has 3 aliphatic heterocycles. The normalized spacial score (nSPS) is 25.6. The van der Waals surface area contributed by atoms with E-state index in [1.165, 1.54) is 0 Å². The Morgan fingerprint density at radius 1 is 1.10 bits per heavy atom. The van der Waals surface area contributed by atoms with Crippen LogP contribution < -0.4 is 9.64 Å². The van der Waals surface area contributed by atoms with E-state index in [1.807, 2.05) is 37.3 Å². The lowest BCUT2D eigenvalue weighted by molar-refractivity contribution is -0.164. The van der Waals surface area contributed by atoms with Gasteiger partial charge in [-0.15, -0.1) is 13.2 Å². The number of allylic oxidation sites excluding steroid dienone is 1. The molecule has 11 nitrogen and oxygen atoms in total. The highest BCUT2D eigenvalue weighted by Crippen LogP contribution is 2.60. The van der Waals surface area contributed by atoms with Crippen LogP contribution in [0, 0.1) is 11.8 Å². The second-order valence-electron chi connectivity index (χ2n) is 13.8. The van der Waals surface area contributed by atoms with Gasteiger partial charge in [-0.2, -0.15) is 0 Å². The zero-order valence-electron chi connectivity index (χ0n) is 30.2. The summed E-state index contributed by atoms with van der Waals surface area (Å²) in [7, 11) is 3.25. The Balaban J connectivity index is 1.51. The first-order valence-electron chi connectivity index (χ1n) is 18.0. The summed E-state index contributed by atoms with van der Waals surface area (Å²) in [5.74, 6) is -2.74. The maximum absolute atomic E-state index is 14.9. The maximum Gasteiger partial charge on any atom is 0.313 e. The number of benzene rings is 2. The summed E-state index contributed by atoms with van der Waals surface area (Å²) in [5, 5.41) is 9.42. The van der Waals surface area contributed by atoms with Gasteiger partial charge in [0, 0.05) is 43.7 Å². The molecule has 2 bridgehead atoms. The lowest BCUT2D eigenvalue weighted by atomic mass is 9.70. The van der Waals surface area contributed by atoms with Gasteiger partial charge in [0.15, 0.2) is 0 Å². The van der Waals surface area contributed by atoms with Gasteiger partial charge in [-0.3, -0.25) is 19.2 Å². The number of rotatable bonds is 18. The predicted octanol–water partition coefficient (Wildman–Crippen LogP) is 5.22. The molecule has 0 aromatic heterocycles. The minimum absolute atomic E-state index is 0.0213. The van der Waals surface area contributed by atoms with Gasteiger partial charge in [0.25, 0.3) is 5.91 Å². The van der Waals surface area contributed by atoms with E-state index in [0.29, 0.717) is 49.1 Å². The van der Waals surface area contributed by atoms with Gasteiger partial charge in [-0.05, 0) is 68.9 Å². The monoisotopic (exact) mass is 779 g/mol. The largest absolute Gasteiger partial charge is 0.497 e. The first-order valence-corrected chi connectivity index (χ1v) is 18.9. The van der Waals surface area contributed by atoms with E-state index < -0.39 is 47.7 Å². The van der Waals surface area contributed by atoms with Crippen LogP contribution in [0.5, 0.6) is 5.75 Å². The fourth-order valence-corrected chi connectivity index (χ4v) is 8.92. The number of aliphatic hydroxyl groups is 1. The van der Waals surface area contributed by atoms with Gasteiger partial charge in [-0.25, -0.2) is 0 Å². The van der Waals surface area contributed by atoms with Gasteiger partial charge in [0.2, 0.25) is 11.8 Å². The number of anilines is 1. The molecule has 5 rings (SSSR count). The topological polar surface area (TPSA) is 126 Å². The smallest absolute Gasteiger partial charge is 0.313 e. The number of ether oxygens (including phenoxy) is 3. The molecule has 3 amide bonds. The molecule has 12 heteroatoms. The number of hydrogen-bond acceptors (Lipinski definition) is 8. The number of carbonyl (C=O) groups is 4. The Bertz CT molecular complexity index is 1610. The quantitative estimate of drug-likeness (QED) is 0.0946. The number of aliphatic hydroxyl groups excluding tert-OH is 1. The van der Waals surface area contributed by atoms with Crippen molar-refractivity contribution in [2.45, 2.75) is 80.2 Å². The number of unbranched alkanes of at least 4 members (excludes halogenated alkanes) is 2. The van der Waals surface area contributed by atoms with Crippen LogP contribution in [-0.2, 0) is 28.7 Å². The fourth-order valence-electron chi connectivity index (χ4n) is 7.97. The fraction of sp³-hybridized carbons (Fsp3) is 0.500. The van der Waals surface area contributed by atoms with Crippen molar-refractivity contribution >= 4 is 45.3 Å². The summed E-state index contributed by atoms with van der Waals surface area (Å²) in [6.07, 6.45) is 4.65. The van der Waals surface area contributed by atoms with Crippen LogP contribution in [0.4, 0.5) is 5.69 Å². The van der Waals surface area contributed by atoms with E-state index in [4.69, 9.17) is 14.2 Å². The highest BCUT2D eigenvalue weighted by atomic mass is 79.9. The molecule has 0 radical (unpaired) electrons. The number of esters is 1. The molecule has 2 aromatic rings. The van der Waals surface area contributed by atoms with Crippen molar-refractivity contribution in [2.75, 3.05) is 38.8 Å². The van der Waals surface area contributed by atoms with Crippen molar-refractivity contribution in [3.05, 3.63) is 85.5 Å². The van der Waals surface area contributed by atoms with Crippen molar-refractivity contribution in [1.29, 1.82) is 0 Å². The number of carbonyl (C=O) groups excluding carboxylic acids is 4. The second kappa shape index (κ2) is 17.2. The zero-order valence-corrected chi connectivity index (χ0v) is 31.8. The Morgan fingerprint density at radius 3 is 2.44 bits per heavy atom. The number of methoxy groups -OCH3 is 1.